The van der Waals surface area contributed by atoms with Crippen molar-refractivity contribution in [1.82, 2.24) is 5.43 Å². The van der Waals surface area contributed by atoms with Gasteiger partial charge in [-0.3, -0.25) is 16.0 Å². The first kappa shape index (κ1) is 12.4. The zero-order chi connectivity index (χ0) is 11.0. The van der Waals surface area contributed by atoms with E-state index in [-0.39, 0.29) is 5.70 Å². The van der Waals surface area contributed by atoms with Gasteiger partial charge in [0.05, 0.1) is 10.6 Å². The van der Waals surface area contributed by atoms with Gasteiger partial charge in [0, 0.05) is 12.2 Å². The fourth-order valence-electron chi connectivity index (χ4n) is 0.871. The molecule has 0 unspecified atom stereocenters. The van der Waals surface area contributed by atoms with E-state index in [1.165, 1.54) is 12.2 Å². The molecule has 0 rings (SSSR count). The molecule has 0 aromatic carbocycles. The number of nitrogens with zero attached hydrogens (tertiary/aromatic N) is 1. The van der Waals surface area contributed by atoms with E-state index in [0.29, 0.717) is 5.70 Å². The molecule has 0 radical (unpaired) electrons. The molecule has 0 bridgehead atoms. The van der Waals surface area contributed by atoms with Crippen LogP contribution in [0.5, 0.6) is 0 Å². The molecule has 0 spiro atoms. The lowest BCUT2D eigenvalue weighted by molar-refractivity contribution is -0.419. The third kappa shape index (κ3) is 4.42. The van der Waals surface area contributed by atoms with Crippen LogP contribution in [0.25, 0.3) is 0 Å². The molecule has 5 nitrogen and oxygen atoms in total. The second kappa shape index (κ2) is 6.85. The van der Waals surface area contributed by atoms with Gasteiger partial charge in [-0.1, -0.05) is 19.1 Å². The second-order valence-corrected chi connectivity index (χ2v) is 2.54. The van der Waals surface area contributed by atoms with Crippen LogP contribution >= 0.6 is 0 Å². The molecule has 0 aromatic rings. The van der Waals surface area contributed by atoms with Gasteiger partial charge < -0.3 is 5.43 Å². The van der Waals surface area contributed by atoms with Gasteiger partial charge in [-0.2, -0.15) is 0 Å². The number of nitrogens with one attached hydrogen (secondary N) is 1. The Hall–Kier alpha value is -1.62. The van der Waals surface area contributed by atoms with Crippen molar-refractivity contribution in [3.63, 3.8) is 0 Å². The highest BCUT2D eigenvalue weighted by Gasteiger charge is 2.05. The Morgan fingerprint density at radius 1 is 1.64 bits per heavy atom. The highest BCUT2D eigenvalue weighted by atomic mass is 16.6. The van der Waals surface area contributed by atoms with Crippen LogP contribution in [0.15, 0.2) is 35.7 Å². The van der Waals surface area contributed by atoms with Gasteiger partial charge in [0.15, 0.2) is 0 Å². The Bertz CT molecular complexity index is 280. The largest absolute Gasteiger partial charge is 0.324 e. The number of hydrogen-bond acceptors (Lipinski definition) is 4. The van der Waals surface area contributed by atoms with Gasteiger partial charge in [0.25, 0.3) is 5.70 Å². The number of hydrogen-bond donors (Lipinski definition) is 2. The van der Waals surface area contributed by atoms with Gasteiger partial charge in [0.1, 0.15) is 0 Å². The van der Waals surface area contributed by atoms with E-state index >= 15 is 0 Å². The van der Waals surface area contributed by atoms with Crippen molar-refractivity contribution in [2.75, 3.05) is 0 Å². The molecule has 0 heterocycles. The number of hydrazine groups is 1. The van der Waals surface area contributed by atoms with E-state index < -0.39 is 4.92 Å². The minimum absolute atomic E-state index is 0.00477. The molecular formula is C9H15N3O2. The van der Waals surface area contributed by atoms with Crippen molar-refractivity contribution in [2.24, 2.45) is 5.84 Å². The van der Waals surface area contributed by atoms with E-state index in [2.05, 4.69) is 5.43 Å². The van der Waals surface area contributed by atoms with Gasteiger partial charge in [0.2, 0.25) is 0 Å². The van der Waals surface area contributed by atoms with Gasteiger partial charge in [-0.05, 0) is 13.3 Å². The quantitative estimate of drug-likeness (QED) is 0.303. The first-order valence-electron chi connectivity index (χ1n) is 4.31. The summed E-state index contributed by atoms with van der Waals surface area (Å²) in [5.74, 6) is 5.19. The molecule has 0 fully saturated rings. The summed E-state index contributed by atoms with van der Waals surface area (Å²) in [7, 11) is 0. The van der Waals surface area contributed by atoms with Crippen molar-refractivity contribution in [3.8, 4) is 0 Å². The minimum atomic E-state index is -0.458. The van der Waals surface area contributed by atoms with Crippen LogP contribution in [-0.2, 0) is 0 Å². The number of nitrogens with two attached hydrogens (primary N) is 1. The Morgan fingerprint density at radius 2 is 2.29 bits per heavy atom. The molecule has 0 aliphatic rings. The summed E-state index contributed by atoms with van der Waals surface area (Å²) in [5.41, 5.74) is 2.94. The van der Waals surface area contributed by atoms with Crippen molar-refractivity contribution in [3.05, 3.63) is 45.8 Å². The Morgan fingerprint density at radius 3 is 2.64 bits per heavy atom. The topological polar surface area (TPSA) is 81.2 Å². The summed E-state index contributed by atoms with van der Waals surface area (Å²) in [4.78, 5) is 10.1. The summed E-state index contributed by atoms with van der Waals surface area (Å²) >= 11 is 0. The molecule has 0 aliphatic carbocycles. The number of rotatable bonds is 5. The average Bonchev–Trinajstić information content (AvgIpc) is 2.15. The highest BCUT2D eigenvalue weighted by Crippen LogP contribution is 2.03. The summed E-state index contributed by atoms with van der Waals surface area (Å²) in [5, 5.41) is 10.5. The van der Waals surface area contributed by atoms with Crippen LogP contribution in [0, 0.1) is 10.1 Å². The molecule has 5 heteroatoms. The minimum Gasteiger partial charge on any atom is -0.324 e. The Kier molecular flexibility index (Phi) is 6.06. The van der Waals surface area contributed by atoms with Crippen molar-refractivity contribution in [2.45, 2.75) is 20.3 Å². The van der Waals surface area contributed by atoms with Crippen LogP contribution in [0.3, 0.4) is 0 Å². The zero-order valence-electron chi connectivity index (χ0n) is 8.36. The lowest BCUT2D eigenvalue weighted by Gasteiger charge is -1.99. The summed E-state index contributed by atoms with van der Waals surface area (Å²) in [6.45, 7) is 3.64. The van der Waals surface area contributed by atoms with Crippen molar-refractivity contribution >= 4 is 0 Å². The molecule has 0 aliphatic heterocycles. The second-order valence-electron chi connectivity index (χ2n) is 2.54. The van der Waals surface area contributed by atoms with Gasteiger partial charge in [-0.15, -0.1) is 0 Å². The van der Waals surface area contributed by atoms with Crippen LogP contribution in [-0.4, -0.2) is 4.92 Å². The maximum absolute atomic E-state index is 10.5. The normalized spacial score (nSPS) is 13.4. The first-order chi connectivity index (χ1) is 6.65. The summed E-state index contributed by atoms with van der Waals surface area (Å²) in [6, 6.07) is 0. The molecule has 0 aromatic heterocycles. The summed E-state index contributed by atoms with van der Waals surface area (Å²) in [6.07, 6.45) is 6.95. The maximum atomic E-state index is 10.5. The number of allylic oxidation sites excluding steroid dienone is 4. The van der Waals surface area contributed by atoms with Gasteiger partial charge in [-0.25, -0.2) is 0 Å². The Balaban J connectivity index is 4.87. The molecule has 0 atom stereocenters. The summed E-state index contributed by atoms with van der Waals surface area (Å²) < 4.78 is 0. The van der Waals surface area contributed by atoms with E-state index in [9.17, 15) is 10.1 Å². The monoisotopic (exact) mass is 197 g/mol. The fraction of sp³-hybridized carbons (Fsp3) is 0.333. The molecular weight excluding hydrogens is 182 g/mol. The van der Waals surface area contributed by atoms with E-state index in [4.69, 9.17) is 5.84 Å². The third-order valence-electron chi connectivity index (χ3n) is 1.44. The van der Waals surface area contributed by atoms with Crippen LogP contribution < -0.4 is 11.3 Å². The average molecular weight is 197 g/mol. The molecule has 0 saturated carbocycles. The van der Waals surface area contributed by atoms with E-state index in [1.807, 2.05) is 6.92 Å². The fourth-order valence-corrected chi connectivity index (χ4v) is 0.871. The van der Waals surface area contributed by atoms with Crippen molar-refractivity contribution in [1.29, 1.82) is 0 Å². The molecule has 14 heavy (non-hydrogen) atoms. The lowest BCUT2D eigenvalue weighted by Crippen LogP contribution is -2.20. The highest BCUT2D eigenvalue weighted by molar-refractivity contribution is 5.24. The smallest absolute Gasteiger partial charge is 0.271 e. The van der Waals surface area contributed by atoms with E-state index in [1.54, 1.807) is 19.1 Å². The molecule has 0 amide bonds. The number of nitro groups is 1. The molecule has 3 N–H and O–H groups in total. The third-order valence-corrected chi connectivity index (χ3v) is 1.44. The zero-order valence-corrected chi connectivity index (χ0v) is 8.36. The van der Waals surface area contributed by atoms with Crippen LogP contribution in [0.2, 0.25) is 0 Å². The standard InChI is InChI=1S/C9H15N3O2/c1-3-5-8(11-10)7-9(6-4-2)12(13)14/h4-7,11H,3,10H2,1-2H3/b6-4-,8-5+,9-7+. The predicted molar refractivity (Wildman–Crippen MR) is 55.6 cm³/mol. The van der Waals surface area contributed by atoms with E-state index in [0.717, 1.165) is 6.42 Å². The SMILES string of the molecule is C\C=C/C(=C\C(=C/CC)NN)[N+](=O)[O-]. The lowest BCUT2D eigenvalue weighted by atomic mass is 10.3. The maximum Gasteiger partial charge on any atom is 0.271 e. The van der Waals surface area contributed by atoms with Crippen LogP contribution in [0.4, 0.5) is 0 Å². The first-order valence-corrected chi connectivity index (χ1v) is 4.31. The van der Waals surface area contributed by atoms with Crippen LogP contribution in [0.1, 0.15) is 20.3 Å². The van der Waals surface area contributed by atoms with Gasteiger partial charge >= 0.3 is 0 Å². The Labute approximate surface area is 83.1 Å². The molecule has 0 saturated heterocycles. The predicted octanol–water partition coefficient (Wildman–Crippen LogP) is 1.48. The molecule has 78 valence electrons. The van der Waals surface area contributed by atoms with Crippen molar-refractivity contribution < 1.29 is 4.92 Å².